The van der Waals surface area contributed by atoms with E-state index in [0.29, 0.717) is 29.1 Å². The van der Waals surface area contributed by atoms with Crippen molar-refractivity contribution in [1.82, 2.24) is 0 Å². The summed E-state index contributed by atoms with van der Waals surface area (Å²) in [5.74, 6) is 0.454. The average Bonchev–Trinajstić information content (AvgIpc) is 3.34. The molecular weight excluding hydrogens is 452 g/mol. The second kappa shape index (κ2) is 10.2. The van der Waals surface area contributed by atoms with Crippen molar-refractivity contribution in [2.24, 2.45) is 0 Å². The molecule has 1 heterocycles. The Balaban J connectivity index is 1.23. The highest BCUT2D eigenvalue weighted by Gasteiger charge is 2.14. The Morgan fingerprint density at radius 2 is 1.58 bits per heavy atom. The number of aryl methyl sites for hydroxylation is 1. The van der Waals surface area contributed by atoms with E-state index in [9.17, 15) is 9.59 Å². The summed E-state index contributed by atoms with van der Waals surface area (Å²) in [7, 11) is 0. The number of furan rings is 1. The zero-order valence-corrected chi connectivity index (χ0v) is 19.7. The van der Waals surface area contributed by atoms with Crippen LogP contribution < -0.4 is 15.4 Å². The highest BCUT2D eigenvalue weighted by molar-refractivity contribution is 6.06. The Kier molecular flexibility index (Phi) is 6.49. The molecule has 0 saturated heterocycles. The fourth-order valence-corrected chi connectivity index (χ4v) is 3.85. The van der Waals surface area contributed by atoms with E-state index in [4.69, 9.17) is 9.15 Å². The molecule has 0 aliphatic carbocycles. The second-order valence-electron chi connectivity index (χ2n) is 8.39. The van der Waals surface area contributed by atoms with Crippen molar-refractivity contribution < 1.29 is 18.7 Å². The van der Waals surface area contributed by atoms with Crippen LogP contribution in [0.15, 0.2) is 108 Å². The third kappa shape index (κ3) is 5.28. The number of anilines is 2. The Hall–Kier alpha value is -4.84. The van der Waals surface area contributed by atoms with E-state index in [-0.39, 0.29) is 17.6 Å². The average molecular weight is 477 g/mol. The van der Waals surface area contributed by atoms with Gasteiger partial charge in [0.1, 0.15) is 17.9 Å². The van der Waals surface area contributed by atoms with Crippen molar-refractivity contribution in [3.8, 4) is 5.75 Å². The second-order valence-corrected chi connectivity index (χ2v) is 8.39. The van der Waals surface area contributed by atoms with E-state index in [1.807, 2.05) is 85.8 Å². The van der Waals surface area contributed by atoms with E-state index in [0.717, 1.165) is 22.3 Å². The number of hydrogen-bond donors (Lipinski definition) is 2. The molecule has 6 nitrogen and oxygen atoms in total. The smallest absolute Gasteiger partial charge is 0.291 e. The number of carbonyl (C=O) groups excluding carboxylic acids is 2. The molecule has 5 aromatic rings. The normalized spacial score (nSPS) is 10.7. The SMILES string of the molecule is Cc1cc(NC(=O)c2cccc(COc3ccccc3)c2)ccc1NC(=O)c1cc2ccccc2o1. The summed E-state index contributed by atoms with van der Waals surface area (Å²) in [5.41, 5.74) is 4.16. The molecule has 0 saturated carbocycles. The molecule has 0 radical (unpaired) electrons. The van der Waals surface area contributed by atoms with Crippen LogP contribution in [-0.4, -0.2) is 11.8 Å². The van der Waals surface area contributed by atoms with Gasteiger partial charge in [0.05, 0.1) is 0 Å². The van der Waals surface area contributed by atoms with Gasteiger partial charge < -0.3 is 19.8 Å². The minimum Gasteiger partial charge on any atom is -0.489 e. The van der Waals surface area contributed by atoms with Crippen LogP contribution in [-0.2, 0) is 6.61 Å². The predicted molar refractivity (Wildman–Crippen MR) is 141 cm³/mol. The van der Waals surface area contributed by atoms with Crippen LogP contribution in [0.5, 0.6) is 5.75 Å². The Morgan fingerprint density at radius 3 is 2.39 bits per heavy atom. The number of nitrogens with one attached hydrogen (secondary N) is 2. The Labute approximate surface area is 208 Å². The Morgan fingerprint density at radius 1 is 0.778 bits per heavy atom. The molecule has 36 heavy (non-hydrogen) atoms. The van der Waals surface area contributed by atoms with Gasteiger partial charge >= 0.3 is 0 Å². The van der Waals surface area contributed by atoms with Gasteiger partial charge in [-0.05, 0) is 72.6 Å². The van der Waals surface area contributed by atoms with Crippen LogP contribution in [0, 0.1) is 6.92 Å². The number of fused-ring (bicyclic) bond motifs is 1. The molecule has 0 spiro atoms. The predicted octanol–water partition coefficient (Wildman–Crippen LogP) is 6.82. The molecule has 5 rings (SSSR count). The molecule has 0 aliphatic heterocycles. The van der Waals surface area contributed by atoms with Crippen LogP contribution in [0.3, 0.4) is 0 Å². The molecule has 2 N–H and O–H groups in total. The van der Waals surface area contributed by atoms with Crippen LogP contribution in [0.25, 0.3) is 11.0 Å². The number of hydrogen-bond acceptors (Lipinski definition) is 4. The van der Waals surface area contributed by atoms with Crippen LogP contribution in [0.4, 0.5) is 11.4 Å². The summed E-state index contributed by atoms with van der Waals surface area (Å²) in [6.07, 6.45) is 0. The molecular formula is C30H24N2O4. The van der Waals surface area contributed by atoms with Gasteiger partial charge in [-0.15, -0.1) is 0 Å². The van der Waals surface area contributed by atoms with Gasteiger partial charge in [0.2, 0.25) is 0 Å². The summed E-state index contributed by atoms with van der Waals surface area (Å²) in [6.45, 7) is 2.23. The lowest BCUT2D eigenvalue weighted by molar-refractivity contribution is 0.0996. The first-order chi connectivity index (χ1) is 17.5. The standard InChI is InChI=1S/C30H24N2O4/c1-20-16-24(14-15-26(20)32-30(34)28-18-22-9-5-6-13-27(22)36-28)31-29(33)23-10-7-8-21(17-23)19-35-25-11-3-2-4-12-25/h2-18H,19H2,1H3,(H,31,33)(H,32,34). The quantitative estimate of drug-likeness (QED) is 0.270. The summed E-state index contributed by atoms with van der Waals surface area (Å²) in [6, 6.07) is 31.4. The van der Waals surface area contributed by atoms with Crippen molar-refractivity contribution in [3.05, 3.63) is 126 Å². The zero-order chi connectivity index (χ0) is 24.9. The molecule has 0 aliphatic rings. The summed E-state index contributed by atoms with van der Waals surface area (Å²) >= 11 is 0. The minimum atomic E-state index is -0.333. The molecule has 0 bridgehead atoms. The van der Waals surface area contributed by atoms with Gasteiger partial charge in [0.25, 0.3) is 11.8 Å². The molecule has 6 heteroatoms. The van der Waals surface area contributed by atoms with Gasteiger partial charge in [-0.3, -0.25) is 9.59 Å². The number of ether oxygens (including phenoxy) is 1. The summed E-state index contributed by atoms with van der Waals surface area (Å²) in [5, 5.41) is 6.66. The van der Waals surface area contributed by atoms with Crippen molar-refractivity contribution in [2.45, 2.75) is 13.5 Å². The number of rotatable bonds is 7. The topological polar surface area (TPSA) is 80.6 Å². The van der Waals surface area contributed by atoms with Gasteiger partial charge in [-0.2, -0.15) is 0 Å². The number of amides is 2. The molecule has 0 atom stereocenters. The van der Waals surface area contributed by atoms with Crippen molar-refractivity contribution in [2.75, 3.05) is 10.6 Å². The molecule has 0 fully saturated rings. The fraction of sp³-hybridized carbons (Fsp3) is 0.0667. The van der Waals surface area contributed by atoms with E-state index in [1.165, 1.54) is 0 Å². The Bertz CT molecular complexity index is 1510. The molecule has 4 aromatic carbocycles. The van der Waals surface area contributed by atoms with E-state index >= 15 is 0 Å². The van der Waals surface area contributed by atoms with E-state index in [2.05, 4.69) is 10.6 Å². The van der Waals surface area contributed by atoms with Crippen molar-refractivity contribution in [3.63, 3.8) is 0 Å². The first-order valence-corrected chi connectivity index (χ1v) is 11.5. The lowest BCUT2D eigenvalue weighted by atomic mass is 10.1. The van der Waals surface area contributed by atoms with Gasteiger partial charge in [-0.1, -0.05) is 48.5 Å². The number of para-hydroxylation sites is 2. The maximum Gasteiger partial charge on any atom is 0.291 e. The first-order valence-electron chi connectivity index (χ1n) is 11.5. The summed E-state index contributed by atoms with van der Waals surface area (Å²) < 4.78 is 11.4. The lowest BCUT2D eigenvalue weighted by Gasteiger charge is -2.11. The zero-order valence-electron chi connectivity index (χ0n) is 19.7. The molecule has 0 unspecified atom stereocenters. The maximum atomic E-state index is 12.9. The van der Waals surface area contributed by atoms with Crippen molar-refractivity contribution in [1.29, 1.82) is 0 Å². The third-order valence-corrected chi connectivity index (χ3v) is 5.72. The molecule has 1 aromatic heterocycles. The van der Waals surface area contributed by atoms with E-state index < -0.39 is 0 Å². The first kappa shape index (κ1) is 22.9. The van der Waals surface area contributed by atoms with Crippen molar-refractivity contribution >= 4 is 34.2 Å². The van der Waals surface area contributed by atoms with Crippen LogP contribution in [0.2, 0.25) is 0 Å². The molecule has 178 valence electrons. The van der Waals surface area contributed by atoms with E-state index in [1.54, 1.807) is 24.3 Å². The van der Waals surface area contributed by atoms with Crippen LogP contribution in [0.1, 0.15) is 32.0 Å². The monoisotopic (exact) mass is 476 g/mol. The number of benzene rings is 4. The fourth-order valence-electron chi connectivity index (χ4n) is 3.85. The lowest BCUT2D eigenvalue weighted by Crippen LogP contribution is -2.14. The minimum absolute atomic E-state index is 0.227. The number of carbonyl (C=O) groups is 2. The van der Waals surface area contributed by atoms with Crippen LogP contribution >= 0.6 is 0 Å². The highest BCUT2D eigenvalue weighted by atomic mass is 16.5. The van der Waals surface area contributed by atoms with Gasteiger partial charge in [-0.25, -0.2) is 0 Å². The largest absolute Gasteiger partial charge is 0.489 e. The summed E-state index contributed by atoms with van der Waals surface area (Å²) in [4.78, 5) is 25.5. The van der Waals surface area contributed by atoms with Gasteiger partial charge in [0, 0.05) is 22.3 Å². The third-order valence-electron chi connectivity index (χ3n) is 5.72. The maximum absolute atomic E-state index is 12.9. The molecule has 2 amide bonds. The highest BCUT2D eigenvalue weighted by Crippen LogP contribution is 2.23. The van der Waals surface area contributed by atoms with Gasteiger partial charge in [0.15, 0.2) is 5.76 Å².